The van der Waals surface area contributed by atoms with Gasteiger partial charge in [-0.3, -0.25) is 9.59 Å². The van der Waals surface area contributed by atoms with Crippen molar-refractivity contribution in [2.75, 3.05) is 6.61 Å². The molecule has 0 aliphatic heterocycles. The minimum Gasteiger partial charge on any atom is -0.490 e. The highest BCUT2D eigenvalue weighted by molar-refractivity contribution is 5.78. The SMILES string of the molecule is CCOc1cc(-c2cc(C)[nH]c(=O)c2C#N)ccc1OC(=O)C1CCCCC1. The number of benzene rings is 1. The van der Waals surface area contributed by atoms with Crippen LogP contribution in [0.5, 0.6) is 11.5 Å². The normalized spacial score (nSPS) is 14.3. The van der Waals surface area contributed by atoms with Crippen LogP contribution >= 0.6 is 0 Å². The fraction of sp³-hybridized carbons (Fsp3) is 0.409. The Bertz CT molecular complexity index is 965. The monoisotopic (exact) mass is 380 g/mol. The molecule has 1 saturated carbocycles. The third-order valence-corrected chi connectivity index (χ3v) is 4.98. The zero-order chi connectivity index (χ0) is 20.1. The van der Waals surface area contributed by atoms with E-state index in [1.54, 1.807) is 31.2 Å². The Hall–Kier alpha value is -3.07. The van der Waals surface area contributed by atoms with Crippen molar-refractivity contribution in [1.29, 1.82) is 5.26 Å². The van der Waals surface area contributed by atoms with Gasteiger partial charge in [-0.25, -0.2) is 0 Å². The predicted octanol–water partition coefficient (Wildman–Crippen LogP) is 4.11. The molecule has 1 aromatic heterocycles. The van der Waals surface area contributed by atoms with Crippen LogP contribution in [0.25, 0.3) is 11.1 Å². The highest BCUT2D eigenvalue weighted by atomic mass is 16.6. The molecule has 28 heavy (non-hydrogen) atoms. The highest BCUT2D eigenvalue weighted by Gasteiger charge is 2.24. The summed E-state index contributed by atoms with van der Waals surface area (Å²) in [6.07, 6.45) is 4.99. The molecule has 0 spiro atoms. The van der Waals surface area contributed by atoms with Gasteiger partial charge in [-0.05, 0) is 50.5 Å². The molecule has 0 bridgehead atoms. The Morgan fingerprint density at radius 2 is 1.96 bits per heavy atom. The molecule has 3 rings (SSSR count). The number of rotatable bonds is 5. The molecular weight excluding hydrogens is 356 g/mol. The van der Waals surface area contributed by atoms with Crippen molar-refractivity contribution in [3.05, 3.63) is 45.9 Å². The van der Waals surface area contributed by atoms with Gasteiger partial charge in [0.15, 0.2) is 11.5 Å². The van der Waals surface area contributed by atoms with Gasteiger partial charge in [0.1, 0.15) is 11.6 Å². The first-order valence-corrected chi connectivity index (χ1v) is 9.66. The highest BCUT2D eigenvalue weighted by Crippen LogP contribution is 2.35. The van der Waals surface area contributed by atoms with E-state index in [0.717, 1.165) is 25.7 Å². The van der Waals surface area contributed by atoms with E-state index in [9.17, 15) is 14.9 Å². The Balaban J connectivity index is 1.95. The van der Waals surface area contributed by atoms with Gasteiger partial charge in [-0.2, -0.15) is 5.26 Å². The van der Waals surface area contributed by atoms with E-state index in [2.05, 4.69) is 4.98 Å². The number of pyridine rings is 1. The lowest BCUT2D eigenvalue weighted by atomic mass is 9.89. The maximum Gasteiger partial charge on any atom is 0.314 e. The molecular formula is C22H24N2O4. The Kier molecular flexibility index (Phi) is 6.15. The van der Waals surface area contributed by atoms with Gasteiger partial charge < -0.3 is 14.5 Å². The van der Waals surface area contributed by atoms with E-state index < -0.39 is 5.56 Å². The summed E-state index contributed by atoms with van der Waals surface area (Å²) in [5.41, 5.74) is 1.45. The first-order valence-electron chi connectivity index (χ1n) is 9.66. The molecule has 1 fully saturated rings. The summed E-state index contributed by atoms with van der Waals surface area (Å²) in [5, 5.41) is 9.37. The average Bonchev–Trinajstić information content (AvgIpc) is 2.69. The maximum atomic E-state index is 12.5. The lowest BCUT2D eigenvalue weighted by molar-refractivity contribution is -0.140. The van der Waals surface area contributed by atoms with Crippen molar-refractivity contribution >= 4 is 5.97 Å². The number of H-pyrrole nitrogens is 1. The van der Waals surface area contributed by atoms with E-state index in [4.69, 9.17) is 9.47 Å². The zero-order valence-electron chi connectivity index (χ0n) is 16.2. The molecule has 1 aliphatic rings. The molecule has 0 saturated heterocycles. The lowest BCUT2D eigenvalue weighted by Gasteiger charge is -2.20. The lowest BCUT2D eigenvalue weighted by Crippen LogP contribution is -2.23. The Labute approximate surface area is 164 Å². The van der Waals surface area contributed by atoms with Crippen LogP contribution in [0.3, 0.4) is 0 Å². The number of carbonyl (C=O) groups is 1. The van der Waals surface area contributed by atoms with E-state index >= 15 is 0 Å². The van der Waals surface area contributed by atoms with Crippen LogP contribution in [-0.2, 0) is 4.79 Å². The molecule has 0 unspecified atom stereocenters. The van der Waals surface area contributed by atoms with Gasteiger partial charge in [-0.1, -0.05) is 25.3 Å². The standard InChI is InChI=1S/C22H24N2O4/c1-3-27-20-12-16(17-11-14(2)24-21(25)18(17)13-23)9-10-19(20)28-22(26)15-7-5-4-6-8-15/h9-12,15H,3-8H2,1-2H3,(H,24,25). The molecule has 0 amide bonds. The predicted molar refractivity (Wildman–Crippen MR) is 105 cm³/mol. The van der Waals surface area contributed by atoms with E-state index in [1.165, 1.54) is 6.42 Å². The zero-order valence-corrected chi connectivity index (χ0v) is 16.2. The number of aromatic nitrogens is 1. The van der Waals surface area contributed by atoms with E-state index in [1.807, 2.05) is 13.0 Å². The fourth-order valence-corrected chi connectivity index (χ4v) is 3.59. The maximum absolute atomic E-state index is 12.5. The van der Waals surface area contributed by atoms with Crippen molar-refractivity contribution in [2.45, 2.75) is 46.0 Å². The van der Waals surface area contributed by atoms with Crippen molar-refractivity contribution in [1.82, 2.24) is 4.98 Å². The number of carbonyl (C=O) groups excluding carboxylic acids is 1. The summed E-state index contributed by atoms with van der Waals surface area (Å²) in [7, 11) is 0. The van der Waals surface area contributed by atoms with Crippen LogP contribution < -0.4 is 15.0 Å². The third-order valence-electron chi connectivity index (χ3n) is 4.98. The van der Waals surface area contributed by atoms with Gasteiger partial charge in [-0.15, -0.1) is 0 Å². The molecule has 0 radical (unpaired) electrons. The number of hydrogen-bond donors (Lipinski definition) is 1. The minimum absolute atomic E-state index is 0.0417. The van der Waals surface area contributed by atoms with Crippen LogP contribution in [0.15, 0.2) is 29.1 Å². The third kappa shape index (κ3) is 4.25. The molecule has 2 aromatic rings. The first-order chi connectivity index (χ1) is 13.5. The molecule has 6 heteroatoms. The summed E-state index contributed by atoms with van der Waals surface area (Å²) in [6, 6.07) is 8.82. The summed E-state index contributed by atoms with van der Waals surface area (Å²) in [4.78, 5) is 27.2. The number of esters is 1. The second-order valence-corrected chi connectivity index (χ2v) is 7.03. The molecule has 1 aromatic carbocycles. The molecule has 6 nitrogen and oxygen atoms in total. The molecule has 1 aliphatic carbocycles. The summed E-state index contributed by atoms with van der Waals surface area (Å²) >= 11 is 0. The first kappa shape index (κ1) is 19.7. The van der Waals surface area contributed by atoms with Crippen molar-refractivity contribution in [2.24, 2.45) is 5.92 Å². The van der Waals surface area contributed by atoms with E-state index in [-0.39, 0.29) is 17.5 Å². The smallest absolute Gasteiger partial charge is 0.314 e. The van der Waals surface area contributed by atoms with Gasteiger partial charge >= 0.3 is 5.97 Å². The minimum atomic E-state index is -0.428. The quantitative estimate of drug-likeness (QED) is 0.622. The number of aromatic amines is 1. The van der Waals surface area contributed by atoms with Gasteiger partial charge in [0.2, 0.25) is 0 Å². The number of nitrogens with zero attached hydrogens (tertiary/aromatic N) is 1. The topological polar surface area (TPSA) is 92.2 Å². The second-order valence-electron chi connectivity index (χ2n) is 7.03. The molecule has 0 atom stereocenters. The van der Waals surface area contributed by atoms with Gasteiger partial charge in [0, 0.05) is 11.3 Å². The van der Waals surface area contributed by atoms with Crippen LogP contribution in [-0.4, -0.2) is 17.6 Å². The number of nitriles is 1. The van der Waals surface area contributed by atoms with E-state index in [0.29, 0.717) is 34.9 Å². The van der Waals surface area contributed by atoms with Crippen LogP contribution in [0.4, 0.5) is 0 Å². The van der Waals surface area contributed by atoms with Crippen LogP contribution in [0.1, 0.15) is 50.3 Å². The van der Waals surface area contributed by atoms with Crippen molar-refractivity contribution in [3.8, 4) is 28.7 Å². The fourth-order valence-electron chi connectivity index (χ4n) is 3.59. The largest absolute Gasteiger partial charge is 0.490 e. The van der Waals surface area contributed by atoms with Gasteiger partial charge in [0.25, 0.3) is 5.56 Å². The summed E-state index contributed by atoms with van der Waals surface area (Å²) < 4.78 is 11.3. The van der Waals surface area contributed by atoms with Crippen LogP contribution in [0.2, 0.25) is 0 Å². The molecule has 1 heterocycles. The number of aryl methyl sites for hydroxylation is 1. The molecule has 146 valence electrons. The molecule has 1 N–H and O–H groups in total. The number of hydrogen-bond acceptors (Lipinski definition) is 5. The second kappa shape index (κ2) is 8.75. The van der Waals surface area contributed by atoms with Crippen LogP contribution in [0, 0.1) is 24.2 Å². The van der Waals surface area contributed by atoms with Crippen molar-refractivity contribution in [3.63, 3.8) is 0 Å². The number of ether oxygens (including phenoxy) is 2. The Morgan fingerprint density at radius 3 is 2.64 bits per heavy atom. The van der Waals surface area contributed by atoms with Crippen molar-refractivity contribution < 1.29 is 14.3 Å². The van der Waals surface area contributed by atoms with Gasteiger partial charge in [0.05, 0.1) is 12.5 Å². The Morgan fingerprint density at radius 1 is 1.21 bits per heavy atom. The number of nitrogens with one attached hydrogen (secondary N) is 1. The average molecular weight is 380 g/mol. The summed E-state index contributed by atoms with van der Waals surface area (Å²) in [5.74, 6) is 0.494. The summed E-state index contributed by atoms with van der Waals surface area (Å²) in [6.45, 7) is 4.00.